The quantitative estimate of drug-likeness (QED) is 0.744. The minimum atomic E-state index is -0.00685. The zero-order chi connectivity index (χ0) is 12.7. The van der Waals surface area contributed by atoms with Gasteiger partial charge in [-0.25, -0.2) is 4.68 Å². The van der Waals surface area contributed by atoms with Gasteiger partial charge in [-0.2, -0.15) is 0 Å². The third-order valence-electron chi connectivity index (χ3n) is 3.00. The van der Waals surface area contributed by atoms with Crippen LogP contribution in [0.2, 0.25) is 0 Å². The number of aromatic nitrogens is 2. The molecule has 90 valence electrons. The standard InChI is InChI=1S/C13H16N2O2/c1-8(2)15-13(17)11-6-5-10(9(3)16)7-12(11)14(15)4/h5-8H,1-4H3. The van der Waals surface area contributed by atoms with Crippen LogP contribution in [-0.2, 0) is 7.05 Å². The van der Waals surface area contributed by atoms with E-state index in [9.17, 15) is 9.59 Å². The Labute approximate surface area is 99.4 Å². The van der Waals surface area contributed by atoms with Crippen molar-refractivity contribution in [2.75, 3.05) is 0 Å². The van der Waals surface area contributed by atoms with E-state index in [-0.39, 0.29) is 17.4 Å². The van der Waals surface area contributed by atoms with E-state index in [1.807, 2.05) is 25.6 Å². The van der Waals surface area contributed by atoms with Crippen molar-refractivity contribution in [3.63, 3.8) is 0 Å². The average Bonchev–Trinajstić information content (AvgIpc) is 2.51. The highest BCUT2D eigenvalue weighted by Crippen LogP contribution is 2.15. The zero-order valence-electron chi connectivity index (χ0n) is 10.5. The molecule has 0 fully saturated rings. The van der Waals surface area contributed by atoms with Crippen molar-refractivity contribution in [1.29, 1.82) is 0 Å². The van der Waals surface area contributed by atoms with Crippen LogP contribution in [0.25, 0.3) is 10.9 Å². The second-order valence-electron chi connectivity index (χ2n) is 4.56. The fraction of sp³-hybridized carbons (Fsp3) is 0.385. The van der Waals surface area contributed by atoms with Crippen LogP contribution in [0.3, 0.4) is 0 Å². The lowest BCUT2D eigenvalue weighted by atomic mass is 10.1. The summed E-state index contributed by atoms with van der Waals surface area (Å²) in [5.74, 6) is 0.0108. The number of benzene rings is 1. The minimum Gasteiger partial charge on any atom is -0.295 e. The molecule has 0 unspecified atom stereocenters. The van der Waals surface area contributed by atoms with Crippen molar-refractivity contribution in [3.8, 4) is 0 Å². The summed E-state index contributed by atoms with van der Waals surface area (Å²) in [5, 5.41) is 0.659. The molecule has 4 heteroatoms. The number of hydrogen-bond donors (Lipinski definition) is 0. The van der Waals surface area contributed by atoms with Gasteiger partial charge in [-0.1, -0.05) is 6.07 Å². The summed E-state index contributed by atoms with van der Waals surface area (Å²) < 4.78 is 3.50. The Hall–Kier alpha value is -1.84. The molecule has 4 nitrogen and oxygen atoms in total. The summed E-state index contributed by atoms with van der Waals surface area (Å²) in [6.45, 7) is 5.46. The van der Waals surface area contributed by atoms with Crippen LogP contribution in [-0.4, -0.2) is 15.1 Å². The number of fused-ring (bicyclic) bond motifs is 1. The van der Waals surface area contributed by atoms with E-state index < -0.39 is 0 Å². The molecule has 0 spiro atoms. The Morgan fingerprint density at radius 3 is 2.47 bits per heavy atom. The third-order valence-corrected chi connectivity index (χ3v) is 3.00. The van der Waals surface area contributed by atoms with Crippen LogP contribution < -0.4 is 5.56 Å². The molecule has 0 N–H and O–H groups in total. The van der Waals surface area contributed by atoms with Gasteiger partial charge < -0.3 is 0 Å². The average molecular weight is 232 g/mol. The summed E-state index contributed by atoms with van der Waals surface area (Å²) in [7, 11) is 1.84. The van der Waals surface area contributed by atoms with Crippen LogP contribution in [0.4, 0.5) is 0 Å². The predicted octanol–water partition coefficient (Wildman–Crippen LogP) is 2.12. The molecule has 17 heavy (non-hydrogen) atoms. The first-order valence-corrected chi connectivity index (χ1v) is 5.65. The topological polar surface area (TPSA) is 44.0 Å². The van der Waals surface area contributed by atoms with E-state index in [0.29, 0.717) is 10.9 Å². The lowest BCUT2D eigenvalue weighted by Crippen LogP contribution is -2.23. The summed E-state index contributed by atoms with van der Waals surface area (Å²) in [4.78, 5) is 23.5. The molecule has 2 rings (SSSR count). The monoisotopic (exact) mass is 232 g/mol. The van der Waals surface area contributed by atoms with E-state index in [0.717, 1.165) is 5.52 Å². The molecule has 1 aromatic heterocycles. The van der Waals surface area contributed by atoms with E-state index in [1.165, 1.54) is 6.92 Å². The number of ketones is 1. The first-order chi connectivity index (χ1) is 7.93. The highest BCUT2D eigenvalue weighted by atomic mass is 16.1. The Bertz CT molecular complexity index is 647. The Morgan fingerprint density at radius 1 is 1.29 bits per heavy atom. The Morgan fingerprint density at radius 2 is 1.94 bits per heavy atom. The van der Waals surface area contributed by atoms with Gasteiger partial charge in [-0.15, -0.1) is 0 Å². The SMILES string of the molecule is CC(=O)c1ccc2c(=O)n(C(C)C)n(C)c2c1. The molecule has 0 bridgehead atoms. The summed E-state index contributed by atoms with van der Waals surface area (Å²) in [6, 6.07) is 5.31. The predicted molar refractivity (Wildman–Crippen MR) is 67.6 cm³/mol. The van der Waals surface area contributed by atoms with Crippen molar-refractivity contribution < 1.29 is 4.79 Å². The number of Topliss-reactive ketones (excluding diaryl/α,β-unsaturated/α-hetero) is 1. The molecular weight excluding hydrogens is 216 g/mol. The lowest BCUT2D eigenvalue weighted by Gasteiger charge is -2.10. The van der Waals surface area contributed by atoms with Gasteiger partial charge in [0.2, 0.25) is 0 Å². The zero-order valence-corrected chi connectivity index (χ0v) is 10.5. The van der Waals surface area contributed by atoms with E-state index in [2.05, 4.69) is 0 Å². The van der Waals surface area contributed by atoms with Gasteiger partial charge in [0.05, 0.1) is 10.9 Å². The van der Waals surface area contributed by atoms with Gasteiger partial charge in [-0.05, 0) is 32.9 Å². The number of nitrogens with zero attached hydrogens (tertiary/aromatic N) is 2. The third kappa shape index (κ3) is 1.69. The molecule has 0 aliphatic rings. The van der Waals surface area contributed by atoms with Gasteiger partial charge in [0.1, 0.15) is 0 Å². The summed E-state index contributed by atoms with van der Waals surface area (Å²) in [5.41, 5.74) is 1.43. The van der Waals surface area contributed by atoms with Crippen molar-refractivity contribution >= 4 is 16.7 Å². The fourth-order valence-corrected chi connectivity index (χ4v) is 2.16. The molecule has 0 saturated heterocycles. The molecule has 1 aromatic carbocycles. The normalized spacial score (nSPS) is 11.4. The maximum absolute atomic E-state index is 12.1. The molecule has 0 radical (unpaired) electrons. The molecule has 0 amide bonds. The van der Waals surface area contributed by atoms with Crippen LogP contribution in [0.1, 0.15) is 37.2 Å². The van der Waals surface area contributed by atoms with Gasteiger partial charge in [0.25, 0.3) is 5.56 Å². The van der Waals surface area contributed by atoms with Gasteiger partial charge in [0.15, 0.2) is 5.78 Å². The van der Waals surface area contributed by atoms with Crippen molar-refractivity contribution in [2.45, 2.75) is 26.8 Å². The number of carbonyl (C=O) groups excluding carboxylic acids is 1. The molecular formula is C13H16N2O2. The highest BCUT2D eigenvalue weighted by Gasteiger charge is 2.13. The van der Waals surface area contributed by atoms with Gasteiger partial charge in [-0.3, -0.25) is 14.3 Å². The van der Waals surface area contributed by atoms with Crippen LogP contribution in [0.5, 0.6) is 0 Å². The summed E-state index contributed by atoms with van der Waals surface area (Å²) in [6.07, 6.45) is 0. The first kappa shape index (κ1) is 11.6. The molecule has 0 saturated carbocycles. The summed E-state index contributed by atoms with van der Waals surface area (Å²) >= 11 is 0. The van der Waals surface area contributed by atoms with Crippen molar-refractivity contribution in [1.82, 2.24) is 9.36 Å². The first-order valence-electron chi connectivity index (χ1n) is 5.65. The molecule has 0 atom stereocenters. The van der Waals surface area contributed by atoms with Crippen molar-refractivity contribution in [2.24, 2.45) is 7.05 Å². The van der Waals surface area contributed by atoms with Crippen LogP contribution in [0.15, 0.2) is 23.0 Å². The number of aryl methyl sites for hydroxylation is 1. The molecule has 0 aliphatic carbocycles. The van der Waals surface area contributed by atoms with Crippen LogP contribution in [0, 0.1) is 0 Å². The smallest absolute Gasteiger partial charge is 0.274 e. The van der Waals surface area contributed by atoms with Crippen molar-refractivity contribution in [3.05, 3.63) is 34.1 Å². The maximum Gasteiger partial charge on any atom is 0.274 e. The number of carbonyl (C=O) groups is 1. The fourth-order valence-electron chi connectivity index (χ4n) is 2.16. The number of rotatable bonds is 2. The molecule has 0 aliphatic heterocycles. The maximum atomic E-state index is 12.1. The largest absolute Gasteiger partial charge is 0.295 e. The minimum absolute atomic E-state index is 0.00685. The van der Waals surface area contributed by atoms with E-state index in [1.54, 1.807) is 22.9 Å². The molecule has 1 heterocycles. The second-order valence-corrected chi connectivity index (χ2v) is 4.56. The lowest BCUT2D eigenvalue weighted by molar-refractivity contribution is 0.101. The Balaban J connectivity index is 2.84. The van der Waals surface area contributed by atoms with Crippen LogP contribution >= 0.6 is 0 Å². The molecule has 2 aromatic rings. The van der Waals surface area contributed by atoms with E-state index >= 15 is 0 Å². The van der Waals surface area contributed by atoms with Gasteiger partial charge >= 0.3 is 0 Å². The highest BCUT2D eigenvalue weighted by molar-refractivity contribution is 5.97. The number of hydrogen-bond acceptors (Lipinski definition) is 2. The second kappa shape index (κ2) is 3.87. The Kier molecular flexibility index (Phi) is 2.65. The van der Waals surface area contributed by atoms with Gasteiger partial charge in [0, 0.05) is 18.7 Å². The van der Waals surface area contributed by atoms with E-state index in [4.69, 9.17) is 0 Å².